The van der Waals surface area contributed by atoms with Crippen molar-refractivity contribution in [2.24, 2.45) is 0 Å². The van der Waals surface area contributed by atoms with E-state index in [2.05, 4.69) is 5.32 Å². The molecule has 3 aromatic carbocycles. The summed E-state index contributed by atoms with van der Waals surface area (Å²) in [5, 5.41) is 2.79. The standard InChI is InChI=1S/C21H15F2NOS/c1-26-15-4-2-3-12(7-15)17-8-13-11-24-21(25)18(13)10-19(17)16-6-5-14(22)9-20(16)23/h2-10H,11H2,1H3,(H,24,25). The lowest BCUT2D eigenvalue weighted by atomic mass is 9.90. The fourth-order valence-electron chi connectivity index (χ4n) is 3.23. The first-order chi connectivity index (χ1) is 12.6. The molecule has 1 amide bonds. The highest BCUT2D eigenvalue weighted by Gasteiger charge is 2.23. The first-order valence-electron chi connectivity index (χ1n) is 8.12. The minimum Gasteiger partial charge on any atom is -0.348 e. The molecule has 0 bridgehead atoms. The highest BCUT2D eigenvalue weighted by Crippen LogP contribution is 2.38. The van der Waals surface area contributed by atoms with Crippen LogP contribution in [-0.4, -0.2) is 12.2 Å². The highest BCUT2D eigenvalue weighted by molar-refractivity contribution is 7.98. The van der Waals surface area contributed by atoms with Crippen molar-refractivity contribution in [3.05, 3.63) is 77.4 Å². The molecule has 0 atom stereocenters. The van der Waals surface area contributed by atoms with Gasteiger partial charge in [0.25, 0.3) is 5.91 Å². The van der Waals surface area contributed by atoms with Crippen LogP contribution in [0.15, 0.2) is 59.5 Å². The van der Waals surface area contributed by atoms with Gasteiger partial charge in [0.05, 0.1) is 0 Å². The van der Waals surface area contributed by atoms with Crippen LogP contribution in [0.1, 0.15) is 15.9 Å². The van der Waals surface area contributed by atoms with Crippen LogP contribution in [0.2, 0.25) is 0 Å². The van der Waals surface area contributed by atoms with Crippen molar-refractivity contribution in [2.75, 3.05) is 6.26 Å². The van der Waals surface area contributed by atoms with Gasteiger partial charge in [0.15, 0.2) is 0 Å². The van der Waals surface area contributed by atoms with Crippen LogP contribution in [0.5, 0.6) is 0 Å². The van der Waals surface area contributed by atoms with Crippen molar-refractivity contribution < 1.29 is 13.6 Å². The largest absolute Gasteiger partial charge is 0.348 e. The predicted octanol–water partition coefficient (Wildman–Crippen LogP) is 5.26. The zero-order chi connectivity index (χ0) is 18.3. The van der Waals surface area contributed by atoms with Crippen molar-refractivity contribution >= 4 is 17.7 Å². The number of carbonyl (C=O) groups is 1. The Morgan fingerprint density at radius 1 is 0.923 bits per heavy atom. The minimum absolute atomic E-state index is 0.173. The molecule has 0 unspecified atom stereocenters. The van der Waals surface area contributed by atoms with Crippen LogP contribution in [0.3, 0.4) is 0 Å². The SMILES string of the molecule is CSc1cccc(-c2cc3c(cc2-c2ccc(F)cc2F)C(=O)NC3)c1. The first-order valence-corrected chi connectivity index (χ1v) is 9.34. The maximum Gasteiger partial charge on any atom is 0.251 e. The Morgan fingerprint density at radius 2 is 1.77 bits per heavy atom. The molecule has 0 aromatic heterocycles. The van der Waals surface area contributed by atoms with Gasteiger partial charge in [-0.3, -0.25) is 4.79 Å². The second kappa shape index (κ2) is 6.57. The number of benzene rings is 3. The Balaban J connectivity index is 1.99. The van der Waals surface area contributed by atoms with Crippen LogP contribution in [0.4, 0.5) is 8.78 Å². The second-order valence-corrected chi connectivity index (χ2v) is 6.97. The van der Waals surface area contributed by atoms with Crippen LogP contribution in [0, 0.1) is 11.6 Å². The van der Waals surface area contributed by atoms with E-state index in [1.54, 1.807) is 17.8 Å². The van der Waals surface area contributed by atoms with E-state index in [9.17, 15) is 13.6 Å². The molecule has 1 N–H and O–H groups in total. The Bertz CT molecular complexity index is 1030. The smallest absolute Gasteiger partial charge is 0.251 e. The van der Waals surface area contributed by atoms with E-state index in [-0.39, 0.29) is 11.5 Å². The topological polar surface area (TPSA) is 29.1 Å². The van der Waals surface area contributed by atoms with Gasteiger partial charge in [-0.05, 0) is 64.9 Å². The summed E-state index contributed by atoms with van der Waals surface area (Å²) in [6.07, 6.45) is 1.99. The summed E-state index contributed by atoms with van der Waals surface area (Å²) in [6, 6.07) is 15.1. The normalized spacial score (nSPS) is 12.8. The zero-order valence-electron chi connectivity index (χ0n) is 14.0. The van der Waals surface area contributed by atoms with Crippen LogP contribution in [0.25, 0.3) is 22.3 Å². The fraction of sp³-hybridized carbons (Fsp3) is 0.0952. The summed E-state index contributed by atoms with van der Waals surface area (Å²) in [7, 11) is 0. The molecule has 0 radical (unpaired) electrons. The van der Waals surface area contributed by atoms with E-state index in [0.717, 1.165) is 27.7 Å². The predicted molar refractivity (Wildman–Crippen MR) is 100 cm³/mol. The van der Waals surface area contributed by atoms with E-state index >= 15 is 0 Å². The van der Waals surface area contributed by atoms with Gasteiger partial charge in [0.1, 0.15) is 11.6 Å². The summed E-state index contributed by atoms with van der Waals surface area (Å²) in [5.41, 5.74) is 4.02. The van der Waals surface area contributed by atoms with E-state index < -0.39 is 11.6 Å². The number of nitrogens with one attached hydrogen (secondary N) is 1. The molecule has 0 saturated heterocycles. The molecule has 2 nitrogen and oxygen atoms in total. The molecule has 5 heteroatoms. The Kier molecular flexibility index (Phi) is 4.24. The van der Waals surface area contributed by atoms with Crippen LogP contribution in [-0.2, 0) is 6.54 Å². The van der Waals surface area contributed by atoms with Crippen molar-refractivity contribution in [2.45, 2.75) is 11.4 Å². The molecule has 130 valence electrons. The summed E-state index contributed by atoms with van der Waals surface area (Å²) in [5.74, 6) is -1.45. The number of fused-ring (bicyclic) bond motifs is 1. The molecule has 1 aliphatic rings. The third-order valence-electron chi connectivity index (χ3n) is 4.53. The average Bonchev–Trinajstić information content (AvgIpc) is 3.01. The van der Waals surface area contributed by atoms with E-state index in [1.165, 1.54) is 12.1 Å². The summed E-state index contributed by atoms with van der Waals surface area (Å²) in [4.78, 5) is 13.2. The van der Waals surface area contributed by atoms with Gasteiger partial charge in [0.2, 0.25) is 0 Å². The zero-order valence-corrected chi connectivity index (χ0v) is 14.8. The maximum atomic E-state index is 14.5. The number of hydrogen-bond donors (Lipinski definition) is 1. The van der Waals surface area contributed by atoms with Crippen molar-refractivity contribution in [3.8, 4) is 22.3 Å². The van der Waals surface area contributed by atoms with E-state index in [1.807, 2.05) is 36.6 Å². The molecule has 1 heterocycles. The second-order valence-electron chi connectivity index (χ2n) is 6.09. The van der Waals surface area contributed by atoms with Gasteiger partial charge < -0.3 is 5.32 Å². The Hall–Kier alpha value is -2.66. The van der Waals surface area contributed by atoms with Crippen LogP contribution < -0.4 is 5.32 Å². The minimum atomic E-state index is -0.648. The quantitative estimate of drug-likeness (QED) is 0.640. The first kappa shape index (κ1) is 16.8. The molecular formula is C21H15F2NOS. The number of halogens is 2. The average molecular weight is 367 g/mol. The lowest BCUT2D eigenvalue weighted by Gasteiger charge is -2.14. The Morgan fingerprint density at radius 3 is 2.54 bits per heavy atom. The molecule has 0 spiro atoms. The van der Waals surface area contributed by atoms with Gasteiger partial charge in [-0.25, -0.2) is 8.78 Å². The molecular weight excluding hydrogens is 352 g/mol. The van der Waals surface area contributed by atoms with Crippen molar-refractivity contribution in [1.82, 2.24) is 5.32 Å². The fourth-order valence-corrected chi connectivity index (χ4v) is 3.69. The number of hydrogen-bond acceptors (Lipinski definition) is 2. The molecule has 3 aromatic rings. The monoisotopic (exact) mass is 367 g/mol. The Labute approximate surface area is 154 Å². The molecule has 4 rings (SSSR count). The third kappa shape index (κ3) is 2.88. The lowest BCUT2D eigenvalue weighted by Crippen LogP contribution is -2.12. The van der Waals surface area contributed by atoms with Gasteiger partial charge in [-0.2, -0.15) is 0 Å². The molecule has 26 heavy (non-hydrogen) atoms. The van der Waals surface area contributed by atoms with E-state index in [4.69, 9.17) is 0 Å². The van der Waals surface area contributed by atoms with Gasteiger partial charge in [-0.1, -0.05) is 12.1 Å². The number of carbonyl (C=O) groups excluding carboxylic acids is 1. The van der Waals surface area contributed by atoms with Gasteiger partial charge in [0, 0.05) is 28.6 Å². The molecule has 0 saturated carbocycles. The lowest BCUT2D eigenvalue weighted by molar-refractivity contribution is 0.0966. The number of amides is 1. The summed E-state index contributed by atoms with van der Waals surface area (Å²) >= 11 is 1.62. The highest BCUT2D eigenvalue weighted by atomic mass is 32.2. The third-order valence-corrected chi connectivity index (χ3v) is 5.25. The molecule has 1 aliphatic heterocycles. The number of thioether (sulfide) groups is 1. The van der Waals surface area contributed by atoms with Gasteiger partial charge in [-0.15, -0.1) is 11.8 Å². The molecule has 0 aliphatic carbocycles. The van der Waals surface area contributed by atoms with E-state index in [0.29, 0.717) is 17.7 Å². The summed E-state index contributed by atoms with van der Waals surface area (Å²) < 4.78 is 27.8. The van der Waals surface area contributed by atoms with Crippen molar-refractivity contribution in [3.63, 3.8) is 0 Å². The van der Waals surface area contributed by atoms with Gasteiger partial charge >= 0.3 is 0 Å². The molecule has 0 fully saturated rings. The summed E-state index contributed by atoms with van der Waals surface area (Å²) in [6.45, 7) is 0.454. The van der Waals surface area contributed by atoms with Crippen LogP contribution >= 0.6 is 11.8 Å². The number of rotatable bonds is 3. The maximum absolute atomic E-state index is 14.5. The van der Waals surface area contributed by atoms with Crippen molar-refractivity contribution in [1.29, 1.82) is 0 Å².